The molecule has 0 amide bonds. The summed E-state index contributed by atoms with van der Waals surface area (Å²) in [6, 6.07) is 0. The quantitative estimate of drug-likeness (QED) is 0.713. The molecule has 1 aliphatic carbocycles. The SMILES string of the molecule is CC=CC(O)C1C(CC)=C(C)CCC1(C)C. The molecule has 92 valence electrons. The minimum atomic E-state index is -0.329. The fraction of sp³-hybridized carbons (Fsp3) is 0.733. The molecule has 0 aromatic rings. The Morgan fingerprint density at radius 2 is 2.12 bits per heavy atom. The Morgan fingerprint density at radius 1 is 1.50 bits per heavy atom. The molecule has 1 heteroatoms. The maximum atomic E-state index is 10.3. The Bertz CT molecular complexity index is 297. The molecule has 2 unspecified atom stereocenters. The van der Waals surface area contributed by atoms with Gasteiger partial charge in [0.1, 0.15) is 0 Å². The van der Waals surface area contributed by atoms with Crippen LogP contribution in [0.2, 0.25) is 0 Å². The summed E-state index contributed by atoms with van der Waals surface area (Å²) < 4.78 is 0. The van der Waals surface area contributed by atoms with E-state index in [1.54, 1.807) is 0 Å². The van der Waals surface area contributed by atoms with Crippen LogP contribution in [-0.2, 0) is 0 Å². The zero-order valence-corrected chi connectivity index (χ0v) is 11.4. The van der Waals surface area contributed by atoms with Crippen LogP contribution < -0.4 is 0 Å². The van der Waals surface area contributed by atoms with Gasteiger partial charge in [-0.15, -0.1) is 0 Å². The van der Waals surface area contributed by atoms with Crippen molar-refractivity contribution in [2.24, 2.45) is 11.3 Å². The minimum Gasteiger partial charge on any atom is -0.388 e. The number of aliphatic hydroxyl groups is 1. The van der Waals surface area contributed by atoms with E-state index in [0.29, 0.717) is 5.92 Å². The van der Waals surface area contributed by atoms with Gasteiger partial charge < -0.3 is 5.11 Å². The number of hydrogen-bond acceptors (Lipinski definition) is 1. The molecule has 0 heterocycles. The molecule has 0 bridgehead atoms. The van der Waals surface area contributed by atoms with Gasteiger partial charge in [0, 0.05) is 5.92 Å². The Balaban J connectivity index is 3.10. The van der Waals surface area contributed by atoms with Crippen LogP contribution in [0.25, 0.3) is 0 Å². The second kappa shape index (κ2) is 5.18. The second-order valence-corrected chi connectivity index (χ2v) is 5.64. The van der Waals surface area contributed by atoms with Crippen molar-refractivity contribution >= 4 is 0 Å². The molecular formula is C15H26O. The molecule has 0 radical (unpaired) electrons. The molecule has 1 aliphatic rings. The van der Waals surface area contributed by atoms with E-state index in [1.165, 1.54) is 24.0 Å². The molecule has 0 saturated carbocycles. The van der Waals surface area contributed by atoms with Crippen LogP contribution >= 0.6 is 0 Å². The van der Waals surface area contributed by atoms with Gasteiger partial charge in [0.2, 0.25) is 0 Å². The van der Waals surface area contributed by atoms with Gasteiger partial charge in [-0.25, -0.2) is 0 Å². The molecular weight excluding hydrogens is 196 g/mol. The first-order chi connectivity index (χ1) is 7.44. The highest BCUT2D eigenvalue weighted by atomic mass is 16.3. The van der Waals surface area contributed by atoms with Gasteiger partial charge in [-0.2, -0.15) is 0 Å². The van der Waals surface area contributed by atoms with E-state index in [9.17, 15) is 5.11 Å². The number of hydrogen-bond donors (Lipinski definition) is 1. The van der Waals surface area contributed by atoms with Crippen molar-refractivity contribution in [2.45, 2.75) is 60.0 Å². The second-order valence-electron chi connectivity index (χ2n) is 5.64. The van der Waals surface area contributed by atoms with Crippen molar-refractivity contribution in [3.8, 4) is 0 Å². The molecule has 16 heavy (non-hydrogen) atoms. The van der Waals surface area contributed by atoms with Gasteiger partial charge in [0.25, 0.3) is 0 Å². The third-order valence-electron chi connectivity index (χ3n) is 4.02. The number of allylic oxidation sites excluding steroid dienone is 2. The standard InChI is InChI=1S/C15H26O/c1-6-8-13(16)14-12(7-2)11(3)9-10-15(14,4)5/h6,8,13-14,16H,7,9-10H2,1-5H3. The molecule has 0 spiro atoms. The molecule has 0 aromatic carbocycles. The smallest absolute Gasteiger partial charge is 0.0791 e. The van der Waals surface area contributed by atoms with Gasteiger partial charge in [-0.3, -0.25) is 0 Å². The number of aliphatic hydroxyl groups excluding tert-OH is 1. The van der Waals surface area contributed by atoms with E-state index in [1.807, 2.05) is 19.1 Å². The largest absolute Gasteiger partial charge is 0.388 e. The summed E-state index contributed by atoms with van der Waals surface area (Å²) in [6.45, 7) is 11.0. The highest BCUT2D eigenvalue weighted by molar-refractivity contribution is 5.24. The third-order valence-corrected chi connectivity index (χ3v) is 4.02. The van der Waals surface area contributed by atoms with Crippen LogP contribution in [0.3, 0.4) is 0 Å². The van der Waals surface area contributed by atoms with Gasteiger partial charge in [0.05, 0.1) is 6.10 Å². The van der Waals surface area contributed by atoms with Gasteiger partial charge in [-0.05, 0) is 38.5 Å². The summed E-state index contributed by atoms with van der Waals surface area (Å²) in [5, 5.41) is 10.3. The third kappa shape index (κ3) is 2.57. The van der Waals surface area contributed by atoms with E-state index < -0.39 is 0 Å². The van der Waals surface area contributed by atoms with E-state index in [0.717, 1.165) is 6.42 Å². The van der Waals surface area contributed by atoms with Crippen molar-refractivity contribution in [1.82, 2.24) is 0 Å². The lowest BCUT2D eigenvalue weighted by Gasteiger charge is -2.43. The monoisotopic (exact) mass is 222 g/mol. The van der Waals surface area contributed by atoms with Gasteiger partial charge in [-0.1, -0.05) is 44.1 Å². The average Bonchev–Trinajstić information content (AvgIpc) is 2.21. The molecule has 0 aromatic heterocycles. The predicted octanol–water partition coefficient (Wildman–Crippen LogP) is 4.09. The summed E-state index contributed by atoms with van der Waals surface area (Å²) in [5.41, 5.74) is 3.18. The average molecular weight is 222 g/mol. The molecule has 0 aliphatic heterocycles. The zero-order valence-electron chi connectivity index (χ0n) is 11.4. The normalized spacial score (nSPS) is 27.5. The maximum absolute atomic E-state index is 10.3. The first-order valence-corrected chi connectivity index (χ1v) is 6.43. The lowest BCUT2D eigenvalue weighted by atomic mass is 9.63. The fourth-order valence-corrected chi connectivity index (χ4v) is 3.06. The molecule has 1 N–H and O–H groups in total. The molecule has 1 rings (SSSR count). The molecule has 1 nitrogen and oxygen atoms in total. The Kier molecular flexibility index (Phi) is 4.37. The van der Waals surface area contributed by atoms with Crippen molar-refractivity contribution < 1.29 is 5.11 Å². The summed E-state index contributed by atoms with van der Waals surface area (Å²) in [6.07, 6.45) is 6.99. The lowest BCUT2D eigenvalue weighted by molar-refractivity contribution is 0.0742. The maximum Gasteiger partial charge on any atom is 0.0791 e. The van der Waals surface area contributed by atoms with E-state index in [-0.39, 0.29) is 11.5 Å². The lowest BCUT2D eigenvalue weighted by Crippen LogP contribution is -2.37. The van der Waals surface area contributed by atoms with Crippen molar-refractivity contribution in [1.29, 1.82) is 0 Å². The molecule has 0 fully saturated rings. The summed E-state index contributed by atoms with van der Waals surface area (Å²) in [5.74, 6) is 0.294. The summed E-state index contributed by atoms with van der Waals surface area (Å²) >= 11 is 0. The van der Waals surface area contributed by atoms with E-state index in [4.69, 9.17) is 0 Å². The molecule has 2 atom stereocenters. The van der Waals surface area contributed by atoms with Crippen molar-refractivity contribution in [2.75, 3.05) is 0 Å². The van der Waals surface area contributed by atoms with Crippen molar-refractivity contribution in [3.05, 3.63) is 23.3 Å². The summed E-state index contributed by atoms with van der Waals surface area (Å²) in [4.78, 5) is 0. The van der Waals surface area contributed by atoms with Crippen LogP contribution in [0.5, 0.6) is 0 Å². The van der Waals surface area contributed by atoms with Gasteiger partial charge in [0.15, 0.2) is 0 Å². The predicted molar refractivity (Wildman–Crippen MR) is 70.3 cm³/mol. The summed E-state index contributed by atoms with van der Waals surface area (Å²) in [7, 11) is 0. The Hall–Kier alpha value is -0.560. The van der Waals surface area contributed by atoms with Gasteiger partial charge >= 0.3 is 0 Å². The highest BCUT2D eigenvalue weighted by Crippen LogP contribution is 2.46. The topological polar surface area (TPSA) is 20.2 Å². The zero-order chi connectivity index (χ0) is 12.3. The minimum absolute atomic E-state index is 0.212. The van der Waals surface area contributed by atoms with Crippen LogP contribution in [-0.4, -0.2) is 11.2 Å². The van der Waals surface area contributed by atoms with Crippen LogP contribution in [0, 0.1) is 11.3 Å². The molecule has 0 saturated heterocycles. The Labute approximate surface area is 100 Å². The van der Waals surface area contributed by atoms with Crippen LogP contribution in [0.4, 0.5) is 0 Å². The number of rotatable bonds is 3. The van der Waals surface area contributed by atoms with E-state index >= 15 is 0 Å². The van der Waals surface area contributed by atoms with Crippen molar-refractivity contribution in [3.63, 3.8) is 0 Å². The van der Waals surface area contributed by atoms with Crippen LogP contribution in [0.15, 0.2) is 23.3 Å². The first-order valence-electron chi connectivity index (χ1n) is 6.43. The highest BCUT2D eigenvalue weighted by Gasteiger charge is 2.38. The Morgan fingerprint density at radius 3 is 2.62 bits per heavy atom. The van der Waals surface area contributed by atoms with Crippen LogP contribution in [0.1, 0.15) is 53.9 Å². The fourth-order valence-electron chi connectivity index (χ4n) is 3.06. The van der Waals surface area contributed by atoms with E-state index in [2.05, 4.69) is 27.7 Å². The first kappa shape index (κ1) is 13.5.